The molecule has 21 heavy (non-hydrogen) atoms. The lowest BCUT2D eigenvalue weighted by atomic mass is 10.0. The average Bonchev–Trinajstić information content (AvgIpc) is 2.52. The number of rotatable bonds is 6. The number of hydrogen-bond donors (Lipinski definition) is 2. The van der Waals surface area contributed by atoms with Crippen LogP contribution in [0.5, 0.6) is 0 Å². The summed E-state index contributed by atoms with van der Waals surface area (Å²) in [5, 5.41) is 6.30. The summed E-state index contributed by atoms with van der Waals surface area (Å²) in [6, 6.07) is 8.07. The Labute approximate surface area is 133 Å². The van der Waals surface area contributed by atoms with Crippen molar-refractivity contribution in [3.05, 3.63) is 35.4 Å². The Morgan fingerprint density at radius 3 is 2.76 bits per heavy atom. The van der Waals surface area contributed by atoms with E-state index >= 15 is 0 Å². The summed E-state index contributed by atoms with van der Waals surface area (Å²) in [4.78, 5) is 12.1. The third-order valence-corrected chi connectivity index (χ3v) is 3.66. The first-order valence-corrected chi connectivity index (χ1v) is 7.47. The van der Waals surface area contributed by atoms with Crippen molar-refractivity contribution in [1.82, 2.24) is 10.6 Å². The number of ether oxygens (including phenoxy) is 1. The van der Waals surface area contributed by atoms with Gasteiger partial charge in [-0.05, 0) is 37.4 Å². The SMILES string of the molecule is CCOCc1ccccc1CNC(=O)[C@@H]1CCCCN1.Cl. The maximum absolute atomic E-state index is 12.1. The van der Waals surface area contributed by atoms with Crippen molar-refractivity contribution in [1.29, 1.82) is 0 Å². The quantitative estimate of drug-likeness (QED) is 0.848. The first-order chi connectivity index (χ1) is 9.81. The molecule has 1 fully saturated rings. The molecule has 0 bridgehead atoms. The van der Waals surface area contributed by atoms with Gasteiger partial charge in [0.1, 0.15) is 0 Å². The molecule has 1 amide bonds. The van der Waals surface area contributed by atoms with Crippen LogP contribution in [0.2, 0.25) is 0 Å². The van der Waals surface area contributed by atoms with Gasteiger partial charge in [-0.15, -0.1) is 12.4 Å². The zero-order valence-electron chi connectivity index (χ0n) is 12.6. The zero-order valence-corrected chi connectivity index (χ0v) is 13.4. The van der Waals surface area contributed by atoms with Crippen molar-refractivity contribution < 1.29 is 9.53 Å². The fraction of sp³-hybridized carbons (Fsp3) is 0.562. The number of benzene rings is 1. The van der Waals surface area contributed by atoms with E-state index in [1.807, 2.05) is 25.1 Å². The second-order valence-electron chi connectivity index (χ2n) is 5.13. The molecular weight excluding hydrogens is 288 g/mol. The Morgan fingerprint density at radius 2 is 2.10 bits per heavy atom. The summed E-state index contributed by atoms with van der Waals surface area (Å²) >= 11 is 0. The van der Waals surface area contributed by atoms with Crippen molar-refractivity contribution >= 4 is 18.3 Å². The van der Waals surface area contributed by atoms with Gasteiger partial charge in [0.05, 0.1) is 12.6 Å². The lowest BCUT2D eigenvalue weighted by molar-refractivity contribution is -0.123. The molecule has 5 heteroatoms. The number of carbonyl (C=O) groups excluding carboxylic acids is 1. The lowest BCUT2D eigenvalue weighted by Gasteiger charge is -2.22. The monoisotopic (exact) mass is 312 g/mol. The van der Waals surface area contributed by atoms with Crippen LogP contribution in [-0.4, -0.2) is 25.1 Å². The summed E-state index contributed by atoms with van der Waals surface area (Å²) in [7, 11) is 0. The number of carbonyl (C=O) groups is 1. The van der Waals surface area contributed by atoms with Crippen LogP contribution in [0.3, 0.4) is 0 Å². The molecule has 1 saturated heterocycles. The highest BCUT2D eigenvalue weighted by molar-refractivity contribution is 5.85. The zero-order chi connectivity index (χ0) is 14.2. The molecule has 2 rings (SSSR count). The van der Waals surface area contributed by atoms with Gasteiger partial charge < -0.3 is 15.4 Å². The molecule has 2 N–H and O–H groups in total. The van der Waals surface area contributed by atoms with Crippen LogP contribution in [0, 0.1) is 0 Å². The van der Waals surface area contributed by atoms with Crippen molar-refractivity contribution in [2.24, 2.45) is 0 Å². The van der Waals surface area contributed by atoms with Crippen LogP contribution >= 0.6 is 12.4 Å². The Kier molecular flexibility index (Phi) is 8.35. The van der Waals surface area contributed by atoms with Crippen LogP contribution in [-0.2, 0) is 22.7 Å². The molecule has 0 radical (unpaired) electrons. The smallest absolute Gasteiger partial charge is 0.237 e. The van der Waals surface area contributed by atoms with Gasteiger partial charge in [0.2, 0.25) is 5.91 Å². The number of piperidine rings is 1. The van der Waals surface area contributed by atoms with E-state index in [1.54, 1.807) is 0 Å². The van der Waals surface area contributed by atoms with Crippen molar-refractivity contribution in [3.63, 3.8) is 0 Å². The molecule has 118 valence electrons. The van der Waals surface area contributed by atoms with Crippen molar-refractivity contribution in [2.75, 3.05) is 13.2 Å². The molecule has 1 heterocycles. The van der Waals surface area contributed by atoms with Crippen LogP contribution in [0.1, 0.15) is 37.3 Å². The predicted molar refractivity (Wildman–Crippen MR) is 86.5 cm³/mol. The third kappa shape index (κ3) is 5.65. The van der Waals surface area contributed by atoms with E-state index in [1.165, 1.54) is 6.42 Å². The first kappa shape index (κ1) is 18.0. The predicted octanol–water partition coefficient (Wildman–Crippen LogP) is 2.40. The minimum absolute atomic E-state index is 0. The first-order valence-electron chi connectivity index (χ1n) is 7.47. The molecule has 0 aliphatic carbocycles. The molecule has 0 unspecified atom stereocenters. The molecule has 0 saturated carbocycles. The molecule has 1 aliphatic heterocycles. The average molecular weight is 313 g/mol. The van der Waals surface area contributed by atoms with E-state index in [0.29, 0.717) is 19.8 Å². The fourth-order valence-corrected chi connectivity index (χ4v) is 2.46. The lowest BCUT2D eigenvalue weighted by Crippen LogP contribution is -2.46. The standard InChI is InChI=1S/C16H24N2O2.ClH/c1-2-20-12-14-8-4-3-7-13(14)11-18-16(19)15-9-5-6-10-17-15;/h3-4,7-8,15,17H,2,5-6,9-12H2,1H3,(H,18,19);1H/t15-;/m0./s1. The minimum Gasteiger partial charge on any atom is -0.377 e. The van der Waals surface area contributed by atoms with Gasteiger partial charge in [0.15, 0.2) is 0 Å². The number of hydrogen-bond acceptors (Lipinski definition) is 3. The molecule has 1 atom stereocenters. The molecule has 1 aromatic rings. The summed E-state index contributed by atoms with van der Waals surface area (Å²) in [5.74, 6) is 0.107. The summed E-state index contributed by atoms with van der Waals surface area (Å²) in [6.45, 7) is 4.80. The third-order valence-electron chi connectivity index (χ3n) is 3.66. The van der Waals surface area contributed by atoms with Gasteiger partial charge in [0.25, 0.3) is 0 Å². The van der Waals surface area contributed by atoms with Gasteiger partial charge in [0, 0.05) is 13.2 Å². The van der Waals surface area contributed by atoms with E-state index in [0.717, 1.165) is 30.5 Å². The minimum atomic E-state index is -0.0252. The summed E-state index contributed by atoms with van der Waals surface area (Å²) < 4.78 is 5.46. The molecular formula is C16H25ClN2O2. The Hall–Kier alpha value is -1.10. The van der Waals surface area contributed by atoms with Crippen LogP contribution in [0.4, 0.5) is 0 Å². The Bertz CT molecular complexity index is 434. The van der Waals surface area contributed by atoms with Gasteiger partial charge in [-0.25, -0.2) is 0 Å². The Balaban J connectivity index is 0.00000220. The topological polar surface area (TPSA) is 50.4 Å². The second kappa shape index (κ2) is 9.77. The Morgan fingerprint density at radius 1 is 1.33 bits per heavy atom. The highest BCUT2D eigenvalue weighted by Crippen LogP contribution is 2.11. The second-order valence-corrected chi connectivity index (χ2v) is 5.13. The summed E-state index contributed by atoms with van der Waals surface area (Å²) in [5.41, 5.74) is 2.27. The highest BCUT2D eigenvalue weighted by atomic mass is 35.5. The molecule has 1 aromatic carbocycles. The molecule has 4 nitrogen and oxygen atoms in total. The van der Waals surface area contributed by atoms with Crippen LogP contribution in [0.15, 0.2) is 24.3 Å². The van der Waals surface area contributed by atoms with E-state index in [2.05, 4.69) is 16.7 Å². The van der Waals surface area contributed by atoms with Gasteiger partial charge in [-0.1, -0.05) is 30.7 Å². The van der Waals surface area contributed by atoms with Gasteiger partial charge in [-0.2, -0.15) is 0 Å². The summed E-state index contributed by atoms with van der Waals surface area (Å²) in [6.07, 6.45) is 3.24. The molecule has 0 spiro atoms. The number of nitrogens with one attached hydrogen (secondary N) is 2. The molecule has 0 aromatic heterocycles. The van der Waals surface area contributed by atoms with Crippen LogP contribution in [0.25, 0.3) is 0 Å². The van der Waals surface area contributed by atoms with E-state index in [-0.39, 0.29) is 24.4 Å². The number of amides is 1. The number of halogens is 1. The molecule has 1 aliphatic rings. The highest BCUT2D eigenvalue weighted by Gasteiger charge is 2.20. The van der Waals surface area contributed by atoms with Crippen molar-refractivity contribution in [2.45, 2.75) is 45.4 Å². The fourth-order valence-electron chi connectivity index (χ4n) is 2.46. The largest absolute Gasteiger partial charge is 0.377 e. The van der Waals surface area contributed by atoms with E-state index in [4.69, 9.17) is 4.74 Å². The van der Waals surface area contributed by atoms with Crippen molar-refractivity contribution in [3.8, 4) is 0 Å². The van der Waals surface area contributed by atoms with E-state index in [9.17, 15) is 4.79 Å². The van der Waals surface area contributed by atoms with E-state index < -0.39 is 0 Å². The maximum atomic E-state index is 12.1. The van der Waals surface area contributed by atoms with Crippen LogP contribution < -0.4 is 10.6 Å². The maximum Gasteiger partial charge on any atom is 0.237 e. The van der Waals surface area contributed by atoms with Gasteiger partial charge in [-0.3, -0.25) is 4.79 Å². The normalized spacial score (nSPS) is 17.9. The van der Waals surface area contributed by atoms with Gasteiger partial charge >= 0.3 is 0 Å².